The van der Waals surface area contributed by atoms with Crippen LogP contribution < -0.4 is 0 Å². The van der Waals surface area contributed by atoms with Gasteiger partial charge in [-0.15, -0.1) is 11.8 Å². The van der Waals surface area contributed by atoms with Crippen molar-refractivity contribution in [2.75, 3.05) is 7.11 Å². The fourth-order valence-corrected chi connectivity index (χ4v) is 3.15. The number of ether oxygens (including phenoxy) is 1. The van der Waals surface area contributed by atoms with Gasteiger partial charge in [0.1, 0.15) is 0 Å². The van der Waals surface area contributed by atoms with Crippen LogP contribution in [0, 0.1) is 5.92 Å². The van der Waals surface area contributed by atoms with E-state index < -0.39 is 0 Å². The quantitative estimate of drug-likeness (QED) is 0.717. The van der Waals surface area contributed by atoms with Gasteiger partial charge in [0.2, 0.25) is 0 Å². The third-order valence-corrected chi connectivity index (χ3v) is 4.17. The molecule has 2 aliphatic rings. The second-order valence-corrected chi connectivity index (χ2v) is 5.33. The average Bonchev–Trinajstić information content (AvgIpc) is 2.40. The number of hydrogen-bond donors (Lipinski definition) is 0. The van der Waals surface area contributed by atoms with E-state index in [1.807, 2.05) is 18.2 Å². The molecule has 0 heterocycles. The molecule has 0 amide bonds. The van der Waals surface area contributed by atoms with Gasteiger partial charge >= 0.3 is 5.97 Å². The number of esters is 1. The number of allylic oxidation sites excluding steroid dienone is 6. The minimum absolute atomic E-state index is 0.116. The number of hydrogen-bond acceptors (Lipinski definition) is 3. The highest BCUT2D eigenvalue weighted by Crippen LogP contribution is 2.36. The van der Waals surface area contributed by atoms with Gasteiger partial charge in [-0.05, 0) is 17.7 Å². The van der Waals surface area contributed by atoms with Gasteiger partial charge in [-0.2, -0.15) is 0 Å². The molecular weight excluding hydrogens is 232 g/mol. The lowest BCUT2D eigenvalue weighted by Crippen LogP contribution is -2.19. The van der Waals surface area contributed by atoms with Gasteiger partial charge in [-0.25, -0.2) is 0 Å². The Hall–Kier alpha value is -1.22. The maximum atomic E-state index is 11.7. The summed E-state index contributed by atoms with van der Waals surface area (Å²) in [4.78, 5) is 12.8. The van der Waals surface area contributed by atoms with Crippen molar-refractivity contribution in [3.05, 3.63) is 47.4 Å². The van der Waals surface area contributed by atoms with Crippen molar-refractivity contribution in [2.45, 2.75) is 18.1 Å². The van der Waals surface area contributed by atoms with E-state index in [2.05, 4.69) is 24.3 Å². The topological polar surface area (TPSA) is 26.3 Å². The second kappa shape index (κ2) is 5.92. The first kappa shape index (κ1) is 12.2. The lowest BCUT2D eigenvalue weighted by Gasteiger charge is -2.22. The molecule has 3 heteroatoms. The molecular formula is C14H16O2S. The fraction of sp³-hybridized carbons (Fsp3) is 0.357. The molecule has 0 aromatic rings. The number of rotatable bonds is 3. The summed E-state index contributed by atoms with van der Waals surface area (Å²) in [5, 5.41) is 0.435. The first-order valence-electron chi connectivity index (χ1n) is 5.76. The van der Waals surface area contributed by atoms with Crippen LogP contribution >= 0.6 is 11.8 Å². The van der Waals surface area contributed by atoms with Gasteiger partial charge in [0.25, 0.3) is 0 Å². The van der Waals surface area contributed by atoms with E-state index in [1.165, 1.54) is 7.11 Å². The average molecular weight is 248 g/mol. The predicted molar refractivity (Wildman–Crippen MR) is 71.6 cm³/mol. The largest absolute Gasteiger partial charge is 0.469 e. The van der Waals surface area contributed by atoms with Gasteiger partial charge in [0.05, 0.1) is 13.0 Å². The molecule has 2 aliphatic carbocycles. The van der Waals surface area contributed by atoms with Crippen molar-refractivity contribution in [3.63, 3.8) is 0 Å². The normalized spacial score (nSPS) is 26.8. The van der Waals surface area contributed by atoms with Crippen LogP contribution in [0.15, 0.2) is 47.4 Å². The van der Waals surface area contributed by atoms with Crippen molar-refractivity contribution in [2.24, 2.45) is 5.92 Å². The van der Waals surface area contributed by atoms with E-state index in [9.17, 15) is 4.79 Å². The van der Waals surface area contributed by atoms with E-state index in [0.29, 0.717) is 5.25 Å². The highest BCUT2D eigenvalue weighted by Gasteiger charge is 2.26. The summed E-state index contributed by atoms with van der Waals surface area (Å²) in [6, 6.07) is 0. The third-order valence-electron chi connectivity index (χ3n) is 2.83. The van der Waals surface area contributed by atoms with E-state index in [1.54, 1.807) is 11.8 Å². The highest BCUT2D eigenvalue weighted by atomic mass is 32.2. The van der Waals surface area contributed by atoms with Crippen LogP contribution in [0.3, 0.4) is 0 Å². The van der Waals surface area contributed by atoms with Crippen molar-refractivity contribution < 1.29 is 9.53 Å². The summed E-state index contributed by atoms with van der Waals surface area (Å²) < 4.78 is 4.85. The first-order chi connectivity index (χ1) is 8.31. The molecule has 0 radical (unpaired) electrons. The molecule has 0 aromatic carbocycles. The predicted octanol–water partition coefficient (Wildman–Crippen LogP) is 3.24. The molecule has 2 rings (SSSR count). The van der Waals surface area contributed by atoms with Crippen LogP contribution in [-0.2, 0) is 9.53 Å². The Morgan fingerprint density at radius 3 is 2.82 bits per heavy atom. The molecule has 0 bridgehead atoms. The van der Waals surface area contributed by atoms with E-state index in [0.717, 1.165) is 17.7 Å². The molecule has 17 heavy (non-hydrogen) atoms. The second-order valence-electron chi connectivity index (χ2n) is 4.01. The molecule has 2 atom stereocenters. The third kappa shape index (κ3) is 3.13. The zero-order valence-electron chi connectivity index (χ0n) is 9.84. The summed E-state index contributed by atoms with van der Waals surface area (Å²) >= 11 is 1.76. The van der Waals surface area contributed by atoms with Crippen molar-refractivity contribution in [1.29, 1.82) is 0 Å². The summed E-state index contributed by atoms with van der Waals surface area (Å²) in [5.41, 5.74) is 0. The Labute approximate surface area is 106 Å². The molecule has 1 unspecified atom stereocenters. The zero-order chi connectivity index (χ0) is 12.1. The molecule has 90 valence electrons. The van der Waals surface area contributed by atoms with Crippen molar-refractivity contribution in [1.82, 2.24) is 0 Å². The molecule has 0 saturated heterocycles. The van der Waals surface area contributed by atoms with Gasteiger partial charge in [0.15, 0.2) is 0 Å². The van der Waals surface area contributed by atoms with E-state index >= 15 is 0 Å². The Balaban J connectivity index is 2.04. The van der Waals surface area contributed by atoms with E-state index in [4.69, 9.17) is 4.74 Å². The standard InChI is InChI=1S/C14H16O2S/c1-16-14(15)12-9-5-6-10-13(12)17-11-7-3-2-4-8-11/h2-7,10-12H,8-9H2,1H3/t11?,12-/m0/s1. The van der Waals surface area contributed by atoms with Crippen molar-refractivity contribution >= 4 is 17.7 Å². The van der Waals surface area contributed by atoms with Gasteiger partial charge < -0.3 is 4.74 Å². The molecule has 0 aliphatic heterocycles. The number of methoxy groups -OCH3 is 1. The molecule has 0 aromatic heterocycles. The van der Waals surface area contributed by atoms with Crippen LogP contribution in [0.25, 0.3) is 0 Å². The van der Waals surface area contributed by atoms with Gasteiger partial charge in [0, 0.05) is 5.25 Å². The van der Waals surface area contributed by atoms with Crippen molar-refractivity contribution in [3.8, 4) is 0 Å². The Kier molecular flexibility index (Phi) is 4.26. The Bertz CT molecular complexity index is 404. The van der Waals surface area contributed by atoms with Gasteiger partial charge in [-0.1, -0.05) is 42.5 Å². The lowest BCUT2D eigenvalue weighted by atomic mass is 10.0. The van der Waals surface area contributed by atoms with Crippen LogP contribution in [0.1, 0.15) is 12.8 Å². The molecule has 2 nitrogen and oxygen atoms in total. The molecule has 0 fully saturated rings. The minimum atomic E-state index is -0.136. The highest BCUT2D eigenvalue weighted by molar-refractivity contribution is 8.03. The summed E-state index contributed by atoms with van der Waals surface area (Å²) in [6.45, 7) is 0. The molecule has 0 saturated carbocycles. The molecule has 0 spiro atoms. The zero-order valence-corrected chi connectivity index (χ0v) is 10.7. The van der Waals surface area contributed by atoms with Gasteiger partial charge in [-0.3, -0.25) is 4.79 Å². The van der Waals surface area contributed by atoms with E-state index in [-0.39, 0.29) is 11.9 Å². The van der Waals surface area contributed by atoms with Crippen LogP contribution in [0.5, 0.6) is 0 Å². The summed E-state index contributed by atoms with van der Waals surface area (Å²) in [5.74, 6) is -0.252. The number of carbonyl (C=O) groups is 1. The summed E-state index contributed by atoms with van der Waals surface area (Å²) in [7, 11) is 1.45. The first-order valence-corrected chi connectivity index (χ1v) is 6.63. The lowest BCUT2D eigenvalue weighted by molar-refractivity contribution is -0.143. The fourth-order valence-electron chi connectivity index (χ4n) is 1.91. The van der Waals surface area contributed by atoms with Crippen LogP contribution in [0.4, 0.5) is 0 Å². The SMILES string of the molecule is COC(=O)[C@H]1CC=CC=C1SC1C=CC=CC1. The number of thioether (sulfide) groups is 1. The Morgan fingerprint density at radius 1 is 1.29 bits per heavy atom. The molecule has 0 N–H and O–H groups in total. The number of carbonyl (C=O) groups excluding carboxylic acids is 1. The smallest absolute Gasteiger partial charge is 0.313 e. The summed E-state index contributed by atoms with van der Waals surface area (Å²) in [6.07, 6.45) is 16.3. The maximum absolute atomic E-state index is 11.7. The maximum Gasteiger partial charge on any atom is 0.313 e. The minimum Gasteiger partial charge on any atom is -0.469 e. The monoisotopic (exact) mass is 248 g/mol. The van der Waals surface area contributed by atoms with Crippen LogP contribution in [-0.4, -0.2) is 18.3 Å². The Morgan fingerprint density at radius 2 is 2.12 bits per heavy atom. The van der Waals surface area contributed by atoms with Crippen LogP contribution in [0.2, 0.25) is 0 Å².